The van der Waals surface area contributed by atoms with Crippen molar-refractivity contribution in [2.75, 3.05) is 0 Å². The Morgan fingerprint density at radius 3 is 2.60 bits per heavy atom. The molecule has 0 aliphatic carbocycles. The monoisotopic (exact) mass is 143 g/mol. The number of amides is 1. The van der Waals surface area contributed by atoms with Crippen LogP contribution < -0.4 is 5.73 Å². The fourth-order valence-electron chi connectivity index (χ4n) is 0.701. The SMILES string of the molecule is CCCCC(C=O)C(N)=O. The number of carbonyl (C=O) groups excluding carboxylic acids is 2. The van der Waals surface area contributed by atoms with Gasteiger partial charge in [-0.1, -0.05) is 19.8 Å². The molecule has 0 spiro atoms. The third-order valence-electron chi connectivity index (χ3n) is 1.40. The Kier molecular flexibility index (Phi) is 4.54. The van der Waals surface area contributed by atoms with Gasteiger partial charge in [0.25, 0.3) is 0 Å². The Hall–Kier alpha value is -0.860. The van der Waals surface area contributed by atoms with E-state index < -0.39 is 11.8 Å². The molecule has 0 saturated heterocycles. The lowest BCUT2D eigenvalue weighted by atomic mass is 10.0. The maximum absolute atomic E-state index is 10.4. The van der Waals surface area contributed by atoms with Gasteiger partial charge in [-0.15, -0.1) is 0 Å². The van der Waals surface area contributed by atoms with Crippen LogP contribution in [0.1, 0.15) is 26.2 Å². The Morgan fingerprint density at radius 2 is 2.30 bits per heavy atom. The van der Waals surface area contributed by atoms with Crippen LogP contribution in [0.15, 0.2) is 0 Å². The van der Waals surface area contributed by atoms with Gasteiger partial charge in [-0.3, -0.25) is 4.79 Å². The van der Waals surface area contributed by atoms with E-state index in [2.05, 4.69) is 0 Å². The first-order valence-corrected chi connectivity index (χ1v) is 3.47. The summed E-state index contributed by atoms with van der Waals surface area (Å²) in [5.74, 6) is -1.08. The zero-order chi connectivity index (χ0) is 7.98. The number of primary amides is 1. The smallest absolute Gasteiger partial charge is 0.227 e. The lowest BCUT2D eigenvalue weighted by Gasteiger charge is -2.02. The highest BCUT2D eigenvalue weighted by Crippen LogP contribution is 2.04. The first-order valence-electron chi connectivity index (χ1n) is 3.47. The predicted molar refractivity (Wildman–Crippen MR) is 38.3 cm³/mol. The second-order valence-corrected chi connectivity index (χ2v) is 2.29. The van der Waals surface area contributed by atoms with Gasteiger partial charge in [-0.2, -0.15) is 0 Å². The second-order valence-electron chi connectivity index (χ2n) is 2.29. The predicted octanol–water partition coefficient (Wildman–Crippen LogP) is 0.477. The zero-order valence-electron chi connectivity index (χ0n) is 6.17. The summed E-state index contributed by atoms with van der Waals surface area (Å²) in [6.07, 6.45) is 3.08. The molecule has 1 amide bonds. The molecule has 0 aliphatic rings. The maximum Gasteiger partial charge on any atom is 0.227 e. The van der Waals surface area contributed by atoms with Crippen LogP contribution in [0.2, 0.25) is 0 Å². The summed E-state index contributed by atoms with van der Waals surface area (Å²) < 4.78 is 0. The summed E-state index contributed by atoms with van der Waals surface area (Å²) in [4.78, 5) is 20.6. The van der Waals surface area contributed by atoms with Crippen LogP contribution in [0.25, 0.3) is 0 Å². The summed E-state index contributed by atoms with van der Waals surface area (Å²) in [6.45, 7) is 2.00. The van der Waals surface area contributed by atoms with E-state index in [0.717, 1.165) is 12.8 Å². The Bertz CT molecular complexity index is 123. The van der Waals surface area contributed by atoms with Crippen molar-refractivity contribution in [1.29, 1.82) is 0 Å². The molecule has 0 aromatic rings. The van der Waals surface area contributed by atoms with Crippen molar-refractivity contribution < 1.29 is 9.59 Å². The summed E-state index contributed by atoms with van der Waals surface area (Å²) in [5, 5.41) is 0. The average molecular weight is 143 g/mol. The highest BCUT2D eigenvalue weighted by molar-refractivity contribution is 5.90. The molecule has 3 nitrogen and oxygen atoms in total. The van der Waals surface area contributed by atoms with E-state index in [4.69, 9.17) is 5.73 Å². The van der Waals surface area contributed by atoms with Gasteiger partial charge in [0.2, 0.25) is 5.91 Å². The van der Waals surface area contributed by atoms with Gasteiger partial charge in [0.15, 0.2) is 0 Å². The molecule has 10 heavy (non-hydrogen) atoms. The third kappa shape index (κ3) is 3.22. The van der Waals surface area contributed by atoms with Crippen LogP contribution in [-0.4, -0.2) is 12.2 Å². The largest absolute Gasteiger partial charge is 0.369 e. The summed E-state index contributed by atoms with van der Waals surface area (Å²) in [7, 11) is 0. The minimum atomic E-state index is -0.569. The number of carbonyl (C=O) groups is 2. The molecular weight excluding hydrogens is 130 g/mol. The van der Waals surface area contributed by atoms with E-state index in [1.807, 2.05) is 6.92 Å². The van der Waals surface area contributed by atoms with E-state index in [9.17, 15) is 9.59 Å². The molecule has 1 atom stereocenters. The van der Waals surface area contributed by atoms with Crippen molar-refractivity contribution in [3.63, 3.8) is 0 Å². The Balaban J connectivity index is 3.60. The third-order valence-corrected chi connectivity index (χ3v) is 1.40. The van der Waals surface area contributed by atoms with Crippen LogP contribution in [0.3, 0.4) is 0 Å². The van der Waals surface area contributed by atoms with Gasteiger partial charge in [0, 0.05) is 0 Å². The first-order chi connectivity index (χ1) is 4.72. The molecule has 0 saturated carbocycles. The van der Waals surface area contributed by atoms with E-state index in [1.165, 1.54) is 0 Å². The molecule has 0 heterocycles. The number of hydrogen-bond donors (Lipinski definition) is 1. The molecule has 2 N–H and O–H groups in total. The quantitative estimate of drug-likeness (QED) is 0.449. The van der Waals surface area contributed by atoms with Gasteiger partial charge < -0.3 is 10.5 Å². The summed E-state index contributed by atoms with van der Waals surface area (Å²) in [5.41, 5.74) is 4.92. The van der Waals surface area contributed by atoms with E-state index in [1.54, 1.807) is 0 Å². The fourth-order valence-corrected chi connectivity index (χ4v) is 0.701. The number of hydrogen-bond acceptors (Lipinski definition) is 2. The van der Waals surface area contributed by atoms with Crippen molar-refractivity contribution in [1.82, 2.24) is 0 Å². The highest BCUT2D eigenvalue weighted by Gasteiger charge is 2.11. The molecule has 0 aromatic carbocycles. The number of aldehydes is 1. The molecule has 0 bridgehead atoms. The van der Waals surface area contributed by atoms with Crippen molar-refractivity contribution in [3.05, 3.63) is 0 Å². The Morgan fingerprint density at radius 1 is 1.70 bits per heavy atom. The highest BCUT2D eigenvalue weighted by atomic mass is 16.2. The number of unbranched alkanes of at least 4 members (excludes halogenated alkanes) is 1. The maximum atomic E-state index is 10.4. The van der Waals surface area contributed by atoms with Gasteiger partial charge in [-0.05, 0) is 6.42 Å². The molecule has 0 fully saturated rings. The fraction of sp³-hybridized carbons (Fsp3) is 0.714. The van der Waals surface area contributed by atoms with Gasteiger partial charge in [0.1, 0.15) is 6.29 Å². The normalized spacial score (nSPS) is 12.5. The lowest BCUT2D eigenvalue weighted by molar-refractivity contribution is -0.126. The molecule has 3 heteroatoms. The minimum Gasteiger partial charge on any atom is -0.369 e. The Labute approximate surface area is 60.6 Å². The van der Waals surface area contributed by atoms with Crippen molar-refractivity contribution in [2.24, 2.45) is 11.7 Å². The van der Waals surface area contributed by atoms with Crippen LogP contribution in [0.4, 0.5) is 0 Å². The summed E-state index contributed by atoms with van der Waals surface area (Å²) >= 11 is 0. The zero-order valence-corrected chi connectivity index (χ0v) is 6.17. The van der Waals surface area contributed by atoms with Crippen LogP contribution >= 0.6 is 0 Å². The molecule has 0 aromatic heterocycles. The van der Waals surface area contributed by atoms with E-state index in [-0.39, 0.29) is 0 Å². The van der Waals surface area contributed by atoms with E-state index in [0.29, 0.717) is 12.7 Å². The first kappa shape index (κ1) is 9.14. The second kappa shape index (κ2) is 4.97. The molecular formula is C7H13NO2. The number of nitrogens with two attached hydrogens (primary N) is 1. The van der Waals surface area contributed by atoms with Crippen molar-refractivity contribution in [3.8, 4) is 0 Å². The van der Waals surface area contributed by atoms with Crippen LogP contribution in [0.5, 0.6) is 0 Å². The summed E-state index contributed by atoms with van der Waals surface area (Å²) in [6, 6.07) is 0. The van der Waals surface area contributed by atoms with Gasteiger partial charge in [-0.25, -0.2) is 0 Å². The van der Waals surface area contributed by atoms with Crippen molar-refractivity contribution in [2.45, 2.75) is 26.2 Å². The van der Waals surface area contributed by atoms with E-state index >= 15 is 0 Å². The van der Waals surface area contributed by atoms with Gasteiger partial charge in [0.05, 0.1) is 5.92 Å². The van der Waals surface area contributed by atoms with Crippen LogP contribution in [0, 0.1) is 5.92 Å². The molecule has 0 aliphatic heterocycles. The van der Waals surface area contributed by atoms with Gasteiger partial charge >= 0.3 is 0 Å². The molecule has 0 rings (SSSR count). The number of rotatable bonds is 5. The minimum absolute atomic E-state index is 0.511. The lowest BCUT2D eigenvalue weighted by Crippen LogP contribution is -2.24. The topological polar surface area (TPSA) is 60.2 Å². The standard InChI is InChI=1S/C7H13NO2/c1-2-3-4-6(5-9)7(8)10/h5-6H,2-4H2,1H3,(H2,8,10). The molecule has 0 radical (unpaired) electrons. The van der Waals surface area contributed by atoms with Crippen LogP contribution in [-0.2, 0) is 9.59 Å². The molecule has 58 valence electrons. The van der Waals surface area contributed by atoms with Crippen molar-refractivity contribution >= 4 is 12.2 Å². The molecule has 1 unspecified atom stereocenters. The average Bonchev–Trinajstić information content (AvgIpc) is 1.89.